The number of carbonyl (C=O) groups excluding carboxylic acids is 1. The van der Waals surface area contributed by atoms with Crippen molar-refractivity contribution in [2.24, 2.45) is 0 Å². The summed E-state index contributed by atoms with van der Waals surface area (Å²) >= 11 is 0. The minimum absolute atomic E-state index is 0.102. The van der Waals surface area contributed by atoms with Crippen molar-refractivity contribution in [1.82, 2.24) is 10.2 Å². The van der Waals surface area contributed by atoms with Crippen LogP contribution in [-0.2, 0) is 4.74 Å². The van der Waals surface area contributed by atoms with Crippen LogP contribution < -0.4 is 0 Å². The molecule has 0 aliphatic rings. The van der Waals surface area contributed by atoms with Gasteiger partial charge in [-0.05, 0) is 37.3 Å². The molecule has 1 atom stereocenters. The molecule has 0 spiro atoms. The molecule has 0 N–H and O–H groups in total. The Bertz CT molecular complexity index is 865. The molecular weight excluding hydrogens is 318 g/mol. The van der Waals surface area contributed by atoms with Crippen molar-refractivity contribution in [2.45, 2.75) is 13.0 Å². The monoisotopic (exact) mass is 330 g/mol. The smallest absolute Gasteiger partial charge is 0.339 e. The van der Waals surface area contributed by atoms with Crippen LogP contribution in [-0.4, -0.2) is 16.2 Å². The van der Waals surface area contributed by atoms with Crippen LogP contribution in [0.2, 0.25) is 0 Å². The van der Waals surface area contributed by atoms with Crippen molar-refractivity contribution < 1.29 is 22.7 Å². The summed E-state index contributed by atoms with van der Waals surface area (Å²) in [6.07, 6.45) is -0.837. The molecule has 0 fully saturated rings. The van der Waals surface area contributed by atoms with E-state index in [2.05, 4.69) is 10.2 Å². The Morgan fingerprint density at radius 3 is 2.54 bits per heavy atom. The minimum atomic E-state index is -1.12. The minimum Gasteiger partial charge on any atom is -0.449 e. The Balaban J connectivity index is 1.73. The van der Waals surface area contributed by atoms with Gasteiger partial charge < -0.3 is 9.15 Å². The van der Waals surface area contributed by atoms with Crippen molar-refractivity contribution in [3.63, 3.8) is 0 Å². The molecule has 0 aliphatic carbocycles. The molecule has 2 aromatic carbocycles. The van der Waals surface area contributed by atoms with Gasteiger partial charge >= 0.3 is 5.97 Å². The third-order valence-electron chi connectivity index (χ3n) is 3.25. The SMILES string of the molecule is CC(OC(=O)c1ccc(F)c(F)c1)c1nnc(-c2ccccc2)o1. The lowest BCUT2D eigenvalue weighted by atomic mass is 10.2. The number of aromatic nitrogens is 2. The molecule has 3 rings (SSSR count). The van der Waals surface area contributed by atoms with E-state index in [1.807, 2.05) is 18.2 Å². The van der Waals surface area contributed by atoms with E-state index in [1.165, 1.54) is 0 Å². The first-order valence-electron chi connectivity index (χ1n) is 7.09. The third kappa shape index (κ3) is 3.29. The lowest BCUT2D eigenvalue weighted by Crippen LogP contribution is -2.10. The zero-order chi connectivity index (χ0) is 17.1. The zero-order valence-corrected chi connectivity index (χ0v) is 12.6. The van der Waals surface area contributed by atoms with Crippen molar-refractivity contribution in [1.29, 1.82) is 0 Å². The number of nitrogens with zero attached hydrogens (tertiary/aromatic N) is 2. The van der Waals surface area contributed by atoms with Gasteiger partial charge in [-0.3, -0.25) is 0 Å². The highest BCUT2D eigenvalue weighted by atomic mass is 19.2. The maximum atomic E-state index is 13.2. The molecule has 0 bridgehead atoms. The largest absolute Gasteiger partial charge is 0.449 e. The van der Waals surface area contributed by atoms with Crippen molar-refractivity contribution in [3.05, 3.63) is 71.6 Å². The standard InChI is InChI=1S/C17H12F2N2O3/c1-10(23-17(22)12-7-8-13(18)14(19)9-12)15-20-21-16(24-15)11-5-3-2-4-6-11/h2-10H,1H3. The van der Waals surface area contributed by atoms with Gasteiger partial charge in [0.05, 0.1) is 5.56 Å². The van der Waals surface area contributed by atoms with Gasteiger partial charge in [-0.1, -0.05) is 18.2 Å². The first-order chi connectivity index (χ1) is 11.5. The topological polar surface area (TPSA) is 65.2 Å². The van der Waals surface area contributed by atoms with E-state index in [1.54, 1.807) is 19.1 Å². The van der Waals surface area contributed by atoms with E-state index in [0.29, 0.717) is 5.89 Å². The second-order valence-corrected chi connectivity index (χ2v) is 4.99. The number of esters is 1. The first kappa shape index (κ1) is 15.8. The Hall–Kier alpha value is -3.09. The maximum Gasteiger partial charge on any atom is 0.339 e. The summed E-state index contributed by atoms with van der Waals surface area (Å²) in [6.45, 7) is 1.54. The number of hydrogen-bond acceptors (Lipinski definition) is 5. The Kier molecular flexibility index (Phi) is 4.33. The second-order valence-electron chi connectivity index (χ2n) is 4.99. The normalized spacial score (nSPS) is 12.0. The van der Waals surface area contributed by atoms with Crippen LogP contribution in [0.25, 0.3) is 11.5 Å². The van der Waals surface area contributed by atoms with Gasteiger partial charge in [-0.2, -0.15) is 0 Å². The molecule has 1 aromatic heterocycles. The third-order valence-corrected chi connectivity index (χ3v) is 3.25. The van der Waals surface area contributed by atoms with Gasteiger partial charge in [-0.15, -0.1) is 10.2 Å². The van der Waals surface area contributed by atoms with E-state index >= 15 is 0 Å². The number of rotatable bonds is 4. The average Bonchev–Trinajstić information content (AvgIpc) is 3.08. The summed E-state index contributed by atoms with van der Waals surface area (Å²) in [4.78, 5) is 12.0. The van der Waals surface area contributed by atoms with Gasteiger partial charge in [0.1, 0.15) is 0 Å². The fraction of sp³-hybridized carbons (Fsp3) is 0.118. The summed E-state index contributed by atoms with van der Waals surface area (Å²) in [7, 11) is 0. The fourth-order valence-corrected chi connectivity index (χ4v) is 2.00. The summed E-state index contributed by atoms with van der Waals surface area (Å²) in [5.74, 6) is -2.59. The summed E-state index contributed by atoms with van der Waals surface area (Å²) in [6, 6.07) is 11.9. The Labute approximate surface area is 135 Å². The highest BCUT2D eigenvalue weighted by Gasteiger charge is 2.20. The molecule has 1 unspecified atom stereocenters. The molecule has 5 nitrogen and oxygen atoms in total. The lowest BCUT2D eigenvalue weighted by Gasteiger charge is -2.09. The summed E-state index contributed by atoms with van der Waals surface area (Å²) < 4.78 is 36.7. The molecule has 3 aromatic rings. The molecular formula is C17H12F2N2O3. The van der Waals surface area contributed by atoms with Crippen molar-refractivity contribution >= 4 is 5.97 Å². The van der Waals surface area contributed by atoms with Gasteiger partial charge in [-0.25, -0.2) is 13.6 Å². The Morgan fingerprint density at radius 1 is 1.08 bits per heavy atom. The number of hydrogen-bond donors (Lipinski definition) is 0. The lowest BCUT2D eigenvalue weighted by molar-refractivity contribution is 0.0279. The summed E-state index contributed by atoms with van der Waals surface area (Å²) in [5, 5.41) is 7.74. The van der Waals surface area contributed by atoms with Gasteiger partial charge in [0.2, 0.25) is 5.89 Å². The van der Waals surface area contributed by atoms with E-state index in [-0.39, 0.29) is 11.5 Å². The molecule has 24 heavy (non-hydrogen) atoms. The van der Waals surface area contributed by atoms with Gasteiger partial charge in [0.25, 0.3) is 5.89 Å². The van der Waals surface area contributed by atoms with E-state index in [9.17, 15) is 13.6 Å². The molecule has 0 aliphatic heterocycles. The highest BCUT2D eigenvalue weighted by Crippen LogP contribution is 2.23. The predicted molar refractivity (Wildman–Crippen MR) is 79.9 cm³/mol. The zero-order valence-electron chi connectivity index (χ0n) is 12.6. The van der Waals surface area contributed by atoms with E-state index in [0.717, 1.165) is 23.8 Å². The first-order valence-corrected chi connectivity index (χ1v) is 7.09. The molecule has 0 radical (unpaired) electrons. The van der Waals surface area contributed by atoms with Crippen LogP contribution in [0.3, 0.4) is 0 Å². The van der Waals surface area contributed by atoms with Gasteiger partial charge in [0.15, 0.2) is 17.7 Å². The molecule has 122 valence electrons. The van der Waals surface area contributed by atoms with Crippen LogP contribution in [0.15, 0.2) is 52.9 Å². The van der Waals surface area contributed by atoms with Crippen molar-refractivity contribution in [2.75, 3.05) is 0 Å². The Morgan fingerprint density at radius 2 is 1.83 bits per heavy atom. The van der Waals surface area contributed by atoms with Crippen LogP contribution >= 0.6 is 0 Å². The molecule has 1 heterocycles. The van der Waals surface area contributed by atoms with Crippen LogP contribution in [0, 0.1) is 11.6 Å². The van der Waals surface area contributed by atoms with Crippen LogP contribution in [0.5, 0.6) is 0 Å². The molecule has 7 heteroatoms. The van der Waals surface area contributed by atoms with E-state index in [4.69, 9.17) is 9.15 Å². The molecule has 0 amide bonds. The number of halogens is 2. The van der Waals surface area contributed by atoms with Crippen molar-refractivity contribution in [3.8, 4) is 11.5 Å². The molecule has 0 saturated heterocycles. The predicted octanol–water partition coefficient (Wildman–Crippen LogP) is 3.93. The average molecular weight is 330 g/mol. The maximum absolute atomic E-state index is 13.2. The fourth-order valence-electron chi connectivity index (χ4n) is 2.00. The number of carbonyl (C=O) groups is 1. The summed E-state index contributed by atoms with van der Waals surface area (Å²) in [5.41, 5.74) is 0.624. The van der Waals surface area contributed by atoms with Crippen LogP contribution in [0.4, 0.5) is 8.78 Å². The second kappa shape index (κ2) is 6.57. The number of ether oxygens (including phenoxy) is 1. The van der Waals surface area contributed by atoms with E-state index < -0.39 is 23.7 Å². The number of benzene rings is 2. The van der Waals surface area contributed by atoms with Crippen LogP contribution in [0.1, 0.15) is 29.3 Å². The molecule has 0 saturated carbocycles. The van der Waals surface area contributed by atoms with Gasteiger partial charge in [0, 0.05) is 5.56 Å². The highest BCUT2D eigenvalue weighted by molar-refractivity contribution is 5.89. The quantitative estimate of drug-likeness (QED) is 0.678.